The molecule has 0 radical (unpaired) electrons. The molecule has 4 rings (SSSR count). The number of hydrogen-bond acceptors (Lipinski definition) is 6. The van der Waals surface area contributed by atoms with Crippen LogP contribution in [0.3, 0.4) is 0 Å². The van der Waals surface area contributed by atoms with Gasteiger partial charge in [0.25, 0.3) is 0 Å². The predicted octanol–water partition coefficient (Wildman–Crippen LogP) is 8.60. The number of nitriles is 1. The second kappa shape index (κ2) is 18.2. The van der Waals surface area contributed by atoms with Gasteiger partial charge in [0, 0.05) is 31.1 Å². The summed E-state index contributed by atoms with van der Waals surface area (Å²) in [6, 6.07) is 21.7. The summed E-state index contributed by atoms with van der Waals surface area (Å²) in [6.07, 6.45) is 6.67. The summed E-state index contributed by atoms with van der Waals surface area (Å²) in [4.78, 5) is 40.5. The number of hydrogen-bond donors (Lipinski definition) is 2. The lowest BCUT2D eigenvalue weighted by atomic mass is 9.90. The van der Waals surface area contributed by atoms with Crippen LogP contribution in [0.2, 0.25) is 0 Å². The average molecular weight is 681 g/mol. The zero-order chi connectivity index (χ0) is 36.1. The van der Waals surface area contributed by atoms with E-state index in [0.29, 0.717) is 62.7 Å². The molecule has 0 saturated carbocycles. The fraction of sp³-hybridized carbons (Fsp3) is 0.439. The van der Waals surface area contributed by atoms with Crippen molar-refractivity contribution in [3.8, 4) is 17.2 Å². The lowest BCUT2D eigenvalue weighted by Crippen LogP contribution is -2.36. The lowest BCUT2D eigenvalue weighted by Gasteiger charge is -2.25. The van der Waals surface area contributed by atoms with Gasteiger partial charge in [0.05, 0.1) is 17.3 Å². The van der Waals surface area contributed by atoms with Gasteiger partial charge in [0.15, 0.2) is 0 Å². The Bertz CT molecular complexity index is 1710. The topological polar surface area (TPSA) is 123 Å². The van der Waals surface area contributed by atoms with Gasteiger partial charge in [-0.25, -0.2) is 9.18 Å². The minimum Gasteiger partial charge on any atom is -0.444 e. The van der Waals surface area contributed by atoms with Crippen molar-refractivity contribution in [3.63, 3.8) is 0 Å². The lowest BCUT2D eigenvalue weighted by molar-refractivity contribution is -0.132. The van der Waals surface area contributed by atoms with Crippen LogP contribution in [0.4, 0.5) is 9.18 Å². The molecule has 1 heterocycles. The summed E-state index contributed by atoms with van der Waals surface area (Å²) in [5.41, 5.74) is 3.86. The van der Waals surface area contributed by atoms with Gasteiger partial charge in [0.2, 0.25) is 11.7 Å². The second-order valence-electron chi connectivity index (χ2n) is 14.0. The Hall–Kier alpha value is -4.84. The molecule has 264 valence electrons. The molecule has 0 bridgehead atoms. The minimum absolute atomic E-state index is 0.0114. The van der Waals surface area contributed by atoms with Crippen LogP contribution in [0.15, 0.2) is 66.7 Å². The third kappa shape index (κ3) is 11.4. The van der Waals surface area contributed by atoms with Crippen molar-refractivity contribution < 1.29 is 23.5 Å². The van der Waals surface area contributed by atoms with Crippen molar-refractivity contribution >= 4 is 23.5 Å². The quantitative estimate of drug-likeness (QED) is 0.0891. The maximum absolute atomic E-state index is 13.7. The number of carbonyl (C=O) groups excluding carboxylic acids is 3. The van der Waals surface area contributed by atoms with Crippen LogP contribution >= 0.6 is 0 Å². The van der Waals surface area contributed by atoms with E-state index < -0.39 is 11.7 Å². The number of halogens is 1. The molecule has 1 fully saturated rings. The smallest absolute Gasteiger partial charge is 0.407 e. The number of carbonyl (C=O) groups is 3. The van der Waals surface area contributed by atoms with Crippen LogP contribution in [0.5, 0.6) is 0 Å². The molecule has 1 saturated heterocycles. The highest BCUT2D eigenvalue weighted by atomic mass is 19.1. The highest BCUT2D eigenvalue weighted by Gasteiger charge is 2.29. The number of nitrogens with one attached hydrogen (secondary N) is 2. The Kier molecular flexibility index (Phi) is 13.8. The van der Waals surface area contributed by atoms with Gasteiger partial charge in [-0.1, -0.05) is 48.5 Å². The van der Waals surface area contributed by atoms with E-state index in [0.717, 1.165) is 47.9 Å². The van der Waals surface area contributed by atoms with Crippen molar-refractivity contribution in [2.45, 2.75) is 103 Å². The number of likely N-dealkylation sites (tertiary alicyclic amines) is 1. The van der Waals surface area contributed by atoms with Crippen LogP contribution in [0.25, 0.3) is 11.1 Å². The monoisotopic (exact) mass is 680 g/mol. The molecular weight excluding hydrogens is 631 g/mol. The molecule has 1 atom stereocenters. The molecule has 1 aliphatic rings. The van der Waals surface area contributed by atoms with Gasteiger partial charge in [-0.15, -0.1) is 0 Å². The zero-order valence-electron chi connectivity index (χ0n) is 29.5. The molecular formula is C41H49FN4O4. The molecule has 3 aromatic rings. The summed E-state index contributed by atoms with van der Waals surface area (Å²) in [7, 11) is 0. The van der Waals surface area contributed by atoms with Crippen molar-refractivity contribution in [1.29, 1.82) is 10.7 Å². The van der Waals surface area contributed by atoms with Crippen molar-refractivity contribution in [1.82, 2.24) is 10.2 Å². The van der Waals surface area contributed by atoms with Gasteiger partial charge >= 0.3 is 6.09 Å². The van der Waals surface area contributed by atoms with Crippen LogP contribution in [-0.4, -0.2) is 53.1 Å². The number of Topliss-reactive ketones (excluding diaryl/α,β-unsaturated/α-hetero) is 1. The number of aryl methyl sites for hydroxylation is 2. The maximum Gasteiger partial charge on any atom is 0.407 e. The van der Waals surface area contributed by atoms with Gasteiger partial charge in [-0.2, -0.15) is 5.26 Å². The highest BCUT2D eigenvalue weighted by molar-refractivity contribution is 6.45. The fourth-order valence-electron chi connectivity index (χ4n) is 6.46. The number of unbranched alkanes of at least 4 members (excludes halogenated alkanes) is 2. The summed E-state index contributed by atoms with van der Waals surface area (Å²) in [5, 5.41) is 21.2. The molecule has 0 aromatic heterocycles. The Labute approximate surface area is 295 Å². The van der Waals surface area contributed by atoms with E-state index in [1.807, 2.05) is 62.1 Å². The first-order chi connectivity index (χ1) is 23.9. The number of ether oxygens (including phenoxy) is 1. The van der Waals surface area contributed by atoms with Gasteiger partial charge < -0.3 is 20.4 Å². The molecule has 0 unspecified atom stereocenters. The number of rotatable bonds is 16. The molecule has 9 heteroatoms. The van der Waals surface area contributed by atoms with Gasteiger partial charge in [0.1, 0.15) is 11.4 Å². The first-order valence-corrected chi connectivity index (χ1v) is 17.7. The van der Waals surface area contributed by atoms with E-state index in [1.54, 1.807) is 24.3 Å². The first kappa shape index (κ1) is 38.0. The van der Waals surface area contributed by atoms with Gasteiger partial charge in [-0.05, 0) is 125 Å². The maximum atomic E-state index is 13.7. The van der Waals surface area contributed by atoms with Gasteiger partial charge in [-0.3, -0.25) is 9.59 Å². The average Bonchev–Trinajstić information content (AvgIpc) is 3.56. The fourth-order valence-corrected chi connectivity index (χ4v) is 6.46. The highest BCUT2D eigenvalue weighted by Crippen LogP contribution is 2.28. The first-order valence-electron chi connectivity index (χ1n) is 17.7. The largest absolute Gasteiger partial charge is 0.444 e. The minimum atomic E-state index is -0.559. The van der Waals surface area contributed by atoms with E-state index in [2.05, 4.69) is 11.4 Å². The molecule has 0 spiro atoms. The number of benzene rings is 3. The Morgan fingerprint density at radius 3 is 2.52 bits per heavy atom. The van der Waals surface area contributed by atoms with Crippen LogP contribution in [0, 0.1) is 22.6 Å². The van der Waals surface area contributed by atoms with E-state index in [9.17, 15) is 24.0 Å². The summed E-state index contributed by atoms with van der Waals surface area (Å²) < 4.78 is 18.9. The molecule has 3 aromatic carbocycles. The molecule has 2 N–H and O–H groups in total. The number of alkyl carbamates (subject to hydrolysis) is 1. The van der Waals surface area contributed by atoms with E-state index in [-0.39, 0.29) is 35.7 Å². The van der Waals surface area contributed by atoms with Crippen molar-refractivity contribution in [3.05, 3.63) is 94.8 Å². The van der Waals surface area contributed by atoms with Crippen LogP contribution in [0.1, 0.15) is 106 Å². The normalized spacial score (nSPS) is 14.2. The Morgan fingerprint density at radius 1 is 0.980 bits per heavy atom. The Morgan fingerprint density at radius 2 is 1.76 bits per heavy atom. The summed E-state index contributed by atoms with van der Waals surface area (Å²) in [6.45, 7) is 6.54. The van der Waals surface area contributed by atoms with E-state index in [4.69, 9.17) is 10.1 Å². The number of ketones is 1. The summed E-state index contributed by atoms with van der Waals surface area (Å²) in [5.74, 6) is -0.512. The van der Waals surface area contributed by atoms with Crippen LogP contribution < -0.4 is 5.32 Å². The molecule has 2 amide bonds. The third-order valence-corrected chi connectivity index (χ3v) is 8.94. The molecule has 0 aliphatic carbocycles. The predicted molar refractivity (Wildman–Crippen MR) is 194 cm³/mol. The standard InChI is InChI=1S/C41H49FN4O4/c1-41(2,3)50-40(49)45-24-9-8-19-38(47)46-25-11-17-34(46)21-23-37(44)39(48)36-22-20-31(35-18-7-6-15-32(35)28-43)27-30(36)14-5-4-12-29-13-10-16-33(42)26-29/h6-7,10,13,15-16,18,20,22,26-27,34,44H,4-5,8-9,11-12,14,17,19,21,23-25H2,1-3H3,(H,45,49)/t34-/m1/s1. The second-order valence-corrected chi connectivity index (χ2v) is 14.0. The van der Waals surface area contributed by atoms with E-state index >= 15 is 0 Å². The Balaban J connectivity index is 1.35. The zero-order valence-corrected chi connectivity index (χ0v) is 29.5. The SMILES string of the molecule is CC(C)(C)OC(=O)NCCCCC(=O)N1CCC[C@@H]1CCC(=N)C(=O)c1ccc(-c2ccccc2C#N)cc1CCCCc1cccc(F)c1. The molecule has 50 heavy (non-hydrogen) atoms. The summed E-state index contributed by atoms with van der Waals surface area (Å²) >= 11 is 0. The number of nitrogens with zero attached hydrogens (tertiary/aromatic N) is 2. The molecule has 1 aliphatic heterocycles. The van der Waals surface area contributed by atoms with Crippen molar-refractivity contribution in [2.75, 3.05) is 13.1 Å². The van der Waals surface area contributed by atoms with E-state index in [1.165, 1.54) is 6.07 Å². The van der Waals surface area contributed by atoms with Crippen LogP contribution in [-0.2, 0) is 22.4 Å². The number of amides is 2. The van der Waals surface area contributed by atoms with Crippen molar-refractivity contribution in [2.24, 2.45) is 0 Å². The molecule has 8 nitrogen and oxygen atoms in total. The third-order valence-electron chi connectivity index (χ3n) is 8.94.